The van der Waals surface area contributed by atoms with E-state index in [-0.39, 0.29) is 0 Å². The van der Waals surface area contributed by atoms with E-state index in [0.717, 1.165) is 6.42 Å². The van der Waals surface area contributed by atoms with Crippen molar-refractivity contribution in [1.29, 1.82) is 0 Å². The maximum atomic E-state index is 5.24. The lowest BCUT2D eigenvalue weighted by Gasteiger charge is -2.18. The van der Waals surface area contributed by atoms with Gasteiger partial charge >= 0.3 is 0 Å². The van der Waals surface area contributed by atoms with Crippen LogP contribution in [0.4, 0.5) is 5.95 Å². The summed E-state index contributed by atoms with van der Waals surface area (Å²) < 4.78 is 5.24. The van der Waals surface area contributed by atoms with Crippen molar-refractivity contribution in [2.45, 2.75) is 32.9 Å². The molecule has 1 atom stereocenters. The molecule has 20 heavy (non-hydrogen) atoms. The minimum absolute atomic E-state index is 0.338. The van der Waals surface area contributed by atoms with Crippen molar-refractivity contribution in [3.8, 4) is 0 Å². The Kier molecular flexibility index (Phi) is 5.14. The van der Waals surface area contributed by atoms with Gasteiger partial charge in [-0.2, -0.15) is 4.98 Å². The maximum Gasteiger partial charge on any atom is 0.265 e. The van der Waals surface area contributed by atoms with Crippen LogP contribution in [-0.4, -0.2) is 24.2 Å². The molecule has 2 rings (SSSR count). The standard InChI is InChI=1S/C14H22N4OS/c1-10(2)8-11(12-6-5-7-20-12)15-9-13-16-14(17-19-13)18(3)4/h5-7,10-11,15H,8-9H2,1-4H3/t11-/m0/s1. The molecule has 0 radical (unpaired) electrons. The lowest BCUT2D eigenvalue weighted by atomic mass is 10.0. The maximum absolute atomic E-state index is 5.24. The third-order valence-corrected chi connectivity index (χ3v) is 3.94. The zero-order valence-corrected chi connectivity index (χ0v) is 13.3. The Balaban J connectivity index is 1.97. The highest BCUT2D eigenvalue weighted by Gasteiger charge is 2.16. The fourth-order valence-electron chi connectivity index (χ4n) is 1.97. The van der Waals surface area contributed by atoms with Crippen LogP contribution in [0.2, 0.25) is 0 Å². The van der Waals surface area contributed by atoms with Crippen molar-refractivity contribution >= 4 is 17.3 Å². The molecule has 0 aliphatic heterocycles. The number of nitrogens with one attached hydrogen (secondary N) is 1. The second-order valence-corrected chi connectivity index (χ2v) is 6.44. The molecule has 6 heteroatoms. The van der Waals surface area contributed by atoms with Crippen LogP contribution in [0.5, 0.6) is 0 Å². The number of hydrogen-bond acceptors (Lipinski definition) is 6. The average Bonchev–Trinajstić information content (AvgIpc) is 3.05. The van der Waals surface area contributed by atoms with Crippen LogP contribution in [-0.2, 0) is 6.54 Å². The van der Waals surface area contributed by atoms with Gasteiger partial charge in [0.1, 0.15) is 0 Å². The molecule has 0 aliphatic carbocycles. The molecule has 1 N–H and O–H groups in total. The van der Waals surface area contributed by atoms with E-state index < -0.39 is 0 Å². The number of hydrogen-bond donors (Lipinski definition) is 1. The lowest BCUT2D eigenvalue weighted by molar-refractivity contribution is 0.346. The van der Waals surface area contributed by atoms with Gasteiger partial charge < -0.3 is 14.7 Å². The molecule has 0 unspecified atom stereocenters. The van der Waals surface area contributed by atoms with Crippen molar-refractivity contribution < 1.29 is 4.52 Å². The third-order valence-electron chi connectivity index (χ3n) is 2.95. The van der Waals surface area contributed by atoms with Gasteiger partial charge in [0.15, 0.2) is 0 Å². The van der Waals surface area contributed by atoms with Crippen LogP contribution in [0.1, 0.15) is 37.1 Å². The van der Waals surface area contributed by atoms with Gasteiger partial charge in [0, 0.05) is 25.0 Å². The van der Waals surface area contributed by atoms with Gasteiger partial charge in [0.05, 0.1) is 6.54 Å². The summed E-state index contributed by atoms with van der Waals surface area (Å²) in [5, 5.41) is 9.55. The Morgan fingerprint density at radius 2 is 2.20 bits per heavy atom. The summed E-state index contributed by atoms with van der Waals surface area (Å²) in [5.74, 6) is 1.87. The molecule has 2 aromatic heterocycles. The summed E-state index contributed by atoms with van der Waals surface area (Å²) in [6, 6.07) is 4.60. The van der Waals surface area contributed by atoms with Crippen LogP contribution in [0.25, 0.3) is 0 Å². The van der Waals surface area contributed by atoms with E-state index in [1.807, 2.05) is 19.0 Å². The second kappa shape index (κ2) is 6.85. The van der Waals surface area contributed by atoms with E-state index in [1.165, 1.54) is 4.88 Å². The molecular formula is C14H22N4OS. The van der Waals surface area contributed by atoms with Crippen LogP contribution < -0.4 is 10.2 Å². The highest BCUT2D eigenvalue weighted by Crippen LogP contribution is 2.25. The Labute approximate surface area is 124 Å². The molecule has 0 bridgehead atoms. The summed E-state index contributed by atoms with van der Waals surface area (Å²) in [6.45, 7) is 5.06. The van der Waals surface area contributed by atoms with E-state index in [0.29, 0.717) is 30.3 Å². The Hall–Kier alpha value is -1.40. The fourth-order valence-corrected chi connectivity index (χ4v) is 2.79. The van der Waals surface area contributed by atoms with E-state index in [4.69, 9.17) is 4.52 Å². The number of aromatic nitrogens is 2. The SMILES string of the molecule is CC(C)C[C@H](NCc1nc(N(C)C)no1)c1cccs1. The van der Waals surface area contributed by atoms with Crippen molar-refractivity contribution in [2.24, 2.45) is 5.92 Å². The summed E-state index contributed by atoms with van der Waals surface area (Å²) in [6.07, 6.45) is 1.09. The van der Waals surface area contributed by atoms with Gasteiger partial charge in [0.2, 0.25) is 5.89 Å². The van der Waals surface area contributed by atoms with Gasteiger partial charge in [-0.05, 0) is 28.9 Å². The molecule has 0 spiro atoms. The zero-order valence-electron chi connectivity index (χ0n) is 12.5. The average molecular weight is 294 g/mol. The Bertz CT molecular complexity index is 507. The predicted octanol–water partition coefficient (Wildman–Crippen LogP) is 3.07. The Morgan fingerprint density at radius 1 is 1.40 bits per heavy atom. The topological polar surface area (TPSA) is 54.2 Å². The normalized spacial score (nSPS) is 12.8. The third kappa shape index (κ3) is 4.05. The zero-order chi connectivity index (χ0) is 14.5. The second-order valence-electron chi connectivity index (χ2n) is 5.46. The van der Waals surface area contributed by atoms with E-state index in [9.17, 15) is 0 Å². The molecule has 0 amide bonds. The number of thiophene rings is 1. The summed E-state index contributed by atoms with van der Waals surface area (Å²) in [5.41, 5.74) is 0. The minimum Gasteiger partial charge on any atom is -0.344 e. The molecule has 2 aromatic rings. The van der Waals surface area contributed by atoms with Crippen molar-refractivity contribution in [1.82, 2.24) is 15.5 Å². The highest BCUT2D eigenvalue weighted by molar-refractivity contribution is 7.10. The van der Waals surface area contributed by atoms with Gasteiger partial charge in [0.25, 0.3) is 5.95 Å². The number of anilines is 1. The van der Waals surface area contributed by atoms with E-state index >= 15 is 0 Å². The van der Waals surface area contributed by atoms with Crippen LogP contribution in [0.3, 0.4) is 0 Å². The van der Waals surface area contributed by atoms with E-state index in [2.05, 4.69) is 46.8 Å². The smallest absolute Gasteiger partial charge is 0.265 e. The Morgan fingerprint density at radius 3 is 2.75 bits per heavy atom. The summed E-state index contributed by atoms with van der Waals surface area (Å²) in [4.78, 5) is 7.52. The van der Waals surface area contributed by atoms with E-state index in [1.54, 1.807) is 11.3 Å². The predicted molar refractivity (Wildman–Crippen MR) is 82.0 cm³/mol. The molecule has 0 saturated heterocycles. The summed E-state index contributed by atoms with van der Waals surface area (Å²) in [7, 11) is 3.80. The fraction of sp³-hybridized carbons (Fsp3) is 0.571. The van der Waals surface area contributed by atoms with Gasteiger partial charge in [-0.15, -0.1) is 11.3 Å². The first-order valence-electron chi connectivity index (χ1n) is 6.83. The molecule has 0 saturated carbocycles. The molecule has 5 nitrogen and oxygen atoms in total. The number of nitrogens with zero attached hydrogens (tertiary/aromatic N) is 3. The van der Waals surface area contributed by atoms with Crippen LogP contribution in [0, 0.1) is 5.92 Å². The van der Waals surface area contributed by atoms with Crippen molar-refractivity contribution in [3.05, 3.63) is 28.3 Å². The van der Waals surface area contributed by atoms with Crippen molar-refractivity contribution in [3.63, 3.8) is 0 Å². The monoisotopic (exact) mass is 294 g/mol. The van der Waals surface area contributed by atoms with Crippen molar-refractivity contribution in [2.75, 3.05) is 19.0 Å². The van der Waals surface area contributed by atoms with Gasteiger partial charge in [-0.25, -0.2) is 0 Å². The minimum atomic E-state index is 0.338. The van der Waals surface area contributed by atoms with Crippen LogP contribution in [0.15, 0.2) is 22.0 Å². The molecule has 110 valence electrons. The highest BCUT2D eigenvalue weighted by atomic mass is 32.1. The summed E-state index contributed by atoms with van der Waals surface area (Å²) >= 11 is 1.78. The first-order chi connectivity index (χ1) is 9.56. The quantitative estimate of drug-likeness (QED) is 0.850. The van der Waals surface area contributed by atoms with Gasteiger partial charge in [-0.1, -0.05) is 19.9 Å². The molecule has 0 fully saturated rings. The molecule has 2 heterocycles. The largest absolute Gasteiger partial charge is 0.344 e. The first kappa shape index (κ1) is 15.0. The van der Waals surface area contributed by atoms with Gasteiger partial charge in [-0.3, -0.25) is 0 Å². The lowest BCUT2D eigenvalue weighted by Crippen LogP contribution is -2.22. The molecule has 0 aliphatic rings. The molecular weight excluding hydrogens is 272 g/mol. The molecule has 0 aromatic carbocycles. The number of rotatable bonds is 7. The van der Waals surface area contributed by atoms with Crippen LogP contribution >= 0.6 is 11.3 Å². The first-order valence-corrected chi connectivity index (χ1v) is 7.71.